The summed E-state index contributed by atoms with van der Waals surface area (Å²) in [4.78, 5) is 11.9. The molecule has 1 aromatic carbocycles. The highest BCUT2D eigenvalue weighted by molar-refractivity contribution is 6.30. The number of carbonyl (C=O) groups is 1. The van der Waals surface area contributed by atoms with E-state index in [1.807, 2.05) is 12.1 Å². The zero-order valence-electron chi connectivity index (χ0n) is 11.9. The number of aliphatic hydroxyl groups is 1. The van der Waals surface area contributed by atoms with Crippen LogP contribution in [0.5, 0.6) is 0 Å². The van der Waals surface area contributed by atoms with Crippen molar-refractivity contribution < 1.29 is 9.90 Å². The van der Waals surface area contributed by atoms with E-state index in [0.717, 1.165) is 18.4 Å². The first-order chi connectivity index (χ1) is 10.7. The maximum Gasteiger partial charge on any atom is 0.320 e. The van der Waals surface area contributed by atoms with Gasteiger partial charge in [0.05, 0.1) is 18.8 Å². The van der Waals surface area contributed by atoms with E-state index in [4.69, 9.17) is 16.7 Å². The van der Waals surface area contributed by atoms with Crippen molar-refractivity contribution in [3.05, 3.63) is 35.4 Å². The molecule has 2 aromatic rings. The molecule has 0 bridgehead atoms. The molecule has 1 heterocycles. The van der Waals surface area contributed by atoms with E-state index in [-0.39, 0.29) is 18.7 Å². The van der Waals surface area contributed by atoms with Crippen molar-refractivity contribution >= 4 is 23.4 Å². The van der Waals surface area contributed by atoms with Gasteiger partial charge in [-0.2, -0.15) is 5.10 Å². The highest BCUT2D eigenvalue weighted by atomic mass is 35.5. The van der Waals surface area contributed by atoms with Gasteiger partial charge < -0.3 is 10.4 Å². The van der Waals surface area contributed by atoms with Gasteiger partial charge in [-0.05, 0) is 25.0 Å². The monoisotopic (exact) mass is 320 g/mol. The van der Waals surface area contributed by atoms with Crippen LogP contribution in [0.2, 0.25) is 5.02 Å². The van der Waals surface area contributed by atoms with Gasteiger partial charge in [0.1, 0.15) is 5.82 Å². The normalized spacial score (nSPS) is 13.9. The largest absolute Gasteiger partial charge is 0.394 e. The minimum Gasteiger partial charge on any atom is -0.394 e. The van der Waals surface area contributed by atoms with Gasteiger partial charge in [0.15, 0.2) is 0 Å². The number of aromatic nitrogens is 2. The smallest absolute Gasteiger partial charge is 0.320 e. The van der Waals surface area contributed by atoms with Crippen molar-refractivity contribution in [2.75, 3.05) is 11.9 Å². The summed E-state index contributed by atoms with van der Waals surface area (Å²) in [7, 11) is 0. The molecule has 1 aromatic heterocycles. The highest BCUT2D eigenvalue weighted by Gasteiger charge is 2.23. The number of amides is 2. The summed E-state index contributed by atoms with van der Waals surface area (Å²) in [5.41, 5.74) is 1.55. The molecule has 22 heavy (non-hydrogen) atoms. The number of rotatable bonds is 5. The Bertz CT molecular complexity index is 682. The Balaban J connectivity index is 1.82. The van der Waals surface area contributed by atoms with Crippen LogP contribution in [0.3, 0.4) is 0 Å². The molecule has 3 rings (SSSR count). The molecule has 0 unspecified atom stereocenters. The Morgan fingerprint density at radius 3 is 2.91 bits per heavy atom. The zero-order valence-corrected chi connectivity index (χ0v) is 12.7. The molecule has 1 aliphatic rings. The summed E-state index contributed by atoms with van der Waals surface area (Å²) in [5, 5.41) is 19.8. The summed E-state index contributed by atoms with van der Waals surface area (Å²) < 4.78 is 1.57. The van der Waals surface area contributed by atoms with Gasteiger partial charge in [0.25, 0.3) is 0 Å². The van der Waals surface area contributed by atoms with Crippen molar-refractivity contribution in [3.8, 4) is 11.3 Å². The molecule has 0 aliphatic heterocycles. The number of aliphatic hydroxyl groups excluding tert-OH is 1. The average molecular weight is 321 g/mol. The van der Waals surface area contributed by atoms with Gasteiger partial charge >= 0.3 is 6.03 Å². The first-order valence-corrected chi connectivity index (χ1v) is 7.55. The lowest BCUT2D eigenvalue weighted by molar-refractivity contribution is 0.250. The van der Waals surface area contributed by atoms with Crippen molar-refractivity contribution in [2.24, 2.45) is 0 Å². The van der Waals surface area contributed by atoms with E-state index in [2.05, 4.69) is 15.7 Å². The van der Waals surface area contributed by atoms with Crippen LogP contribution in [-0.4, -0.2) is 33.6 Å². The number of hydrogen-bond donors (Lipinski definition) is 3. The molecule has 1 saturated carbocycles. The van der Waals surface area contributed by atoms with Crippen LogP contribution in [0.1, 0.15) is 12.8 Å². The van der Waals surface area contributed by atoms with Gasteiger partial charge in [-0.3, -0.25) is 5.32 Å². The predicted octanol–water partition coefficient (Wildman–Crippen LogP) is 2.48. The highest BCUT2D eigenvalue weighted by Crippen LogP contribution is 2.25. The fourth-order valence-corrected chi connectivity index (χ4v) is 2.33. The van der Waals surface area contributed by atoms with Gasteiger partial charge in [0.2, 0.25) is 0 Å². The number of carbonyl (C=O) groups excluding carboxylic acids is 1. The Morgan fingerprint density at radius 2 is 2.23 bits per heavy atom. The molecule has 3 N–H and O–H groups in total. The molecule has 0 atom stereocenters. The summed E-state index contributed by atoms with van der Waals surface area (Å²) in [6.45, 7) is 0.245. The zero-order chi connectivity index (χ0) is 15.5. The maximum atomic E-state index is 11.9. The van der Waals surface area contributed by atoms with E-state index in [1.54, 1.807) is 22.9 Å². The third-order valence-corrected chi connectivity index (χ3v) is 3.60. The minimum absolute atomic E-state index is 0.0599. The first kappa shape index (κ1) is 14.9. The van der Waals surface area contributed by atoms with Crippen LogP contribution in [0.25, 0.3) is 11.3 Å². The second kappa shape index (κ2) is 6.37. The number of urea groups is 1. The number of nitrogens with one attached hydrogen (secondary N) is 2. The minimum atomic E-state index is -0.251. The van der Waals surface area contributed by atoms with Crippen LogP contribution >= 0.6 is 11.6 Å². The van der Waals surface area contributed by atoms with Gasteiger partial charge in [-0.15, -0.1) is 0 Å². The Hall–Kier alpha value is -2.05. The number of hydrogen-bond acceptors (Lipinski definition) is 3. The summed E-state index contributed by atoms with van der Waals surface area (Å²) in [5.74, 6) is 0.544. The Kier molecular flexibility index (Phi) is 4.31. The lowest BCUT2D eigenvalue weighted by atomic mass is 10.1. The molecule has 0 spiro atoms. The lowest BCUT2D eigenvalue weighted by Crippen LogP contribution is -2.31. The van der Waals surface area contributed by atoms with Gasteiger partial charge in [0, 0.05) is 22.7 Å². The Morgan fingerprint density at radius 1 is 1.41 bits per heavy atom. The van der Waals surface area contributed by atoms with Gasteiger partial charge in [-0.1, -0.05) is 23.7 Å². The van der Waals surface area contributed by atoms with E-state index in [9.17, 15) is 4.79 Å². The quantitative estimate of drug-likeness (QED) is 0.792. The topological polar surface area (TPSA) is 79.2 Å². The van der Waals surface area contributed by atoms with E-state index < -0.39 is 0 Å². The van der Waals surface area contributed by atoms with Gasteiger partial charge in [-0.25, -0.2) is 9.48 Å². The predicted molar refractivity (Wildman–Crippen MR) is 84.9 cm³/mol. The van der Waals surface area contributed by atoms with Crippen LogP contribution in [-0.2, 0) is 6.54 Å². The third-order valence-electron chi connectivity index (χ3n) is 3.37. The van der Waals surface area contributed by atoms with Crippen LogP contribution in [0.4, 0.5) is 10.6 Å². The van der Waals surface area contributed by atoms with Crippen molar-refractivity contribution in [1.29, 1.82) is 0 Å². The third kappa shape index (κ3) is 3.58. The second-order valence-corrected chi connectivity index (χ2v) is 5.68. The lowest BCUT2D eigenvalue weighted by Gasteiger charge is -2.08. The Labute approximate surface area is 133 Å². The first-order valence-electron chi connectivity index (χ1n) is 7.18. The molecule has 116 valence electrons. The molecular weight excluding hydrogens is 304 g/mol. The molecule has 2 amide bonds. The van der Waals surface area contributed by atoms with E-state index in [0.29, 0.717) is 23.1 Å². The molecule has 7 heteroatoms. The standard InChI is InChI=1S/C15H17ClN4O2/c16-11-3-1-2-10(8-11)13-9-14(20(19-13)6-7-21)18-15(22)17-12-4-5-12/h1-3,8-9,12,21H,4-7H2,(H2,17,18,22). The number of nitrogens with zero attached hydrogens (tertiary/aromatic N) is 2. The maximum absolute atomic E-state index is 11.9. The number of anilines is 1. The molecular formula is C15H17ClN4O2. The summed E-state index contributed by atoms with van der Waals surface area (Å²) >= 11 is 6.00. The van der Waals surface area contributed by atoms with Crippen LogP contribution < -0.4 is 10.6 Å². The molecule has 0 radical (unpaired) electrons. The van der Waals surface area contributed by atoms with E-state index in [1.165, 1.54) is 0 Å². The fraction of sp³-hybridized carbons (Fsp3) is 0.333. The van der Waals surface area contributed by atoms with Crippen LogP contribution in [0.15, 0.2) is 30.3 Å². The molecule has 6 nitrogen and oxygen atoms in total. The summed E-state index contributed by atoms with van der Waals surface area (Å²) in [6, 6.07) is 9.13. The number of benzene rings is 1. The van der Waals surface area contributed by atoms with Crippen molar-refractivity contribution in [2.45, 2.75) is 25.4 Å². The molecule has 0 saturated heterocycles. The van der Waals surface area contributed by atoms with Crippen LogP contribution in [0, 0.1) is 0 Å². The second-order valence-electron chi connectivity index (χ2n) is 5.24. The molecule has 1 aliphatic carbocycles. The molecule has 1 fully saturated rings. The average Bonchev–Trinajstić information content (AvgIpc) is 3.20. The van der Waals surface area contributed by atoms with Crippen molar-refractivity contribution in [1.82, 2.24) is 15.1 Å². The number of halogens is 1. The summed E-state index contributed by atoms with van der Waals surface area (Å²) in [6.07, 6.45) is 2.05. The van der Waals surface area contributed by atoms with Crippen molar-refractivity contribution in [3.63, 3.8) is 0 Å². The fourth-order valence-electron chi connectivity index (χ4n) is 2.14. The SMILES string of the molecule is O=C(Nc1cc(-c2cccc(Cl)c2)nn1CCO)NC1CC1. The van der Waals surface area contributed by atoms with E-state index >= 15 is 0 Å².